The fourth-order valence-electron chi connectivity index (χ4n) is 2.84. The van der Waals surface area contributed by atoms with Crippen LogP contribution in [0.15, 0.2) is 0 Å². The van der Waals surface area contributed by atoms with Gasteiger partial charge in [-0.05, 0) is 32.2 Å². The van der Waals surface area contributed by atoms with Crippen LogP contribution in [0.2, 0.25) is 0 Å². The number of carbonyl (C=O) groups is 1. The second kappa shape index (κ2) is 6.19. The van der Waals surface area contributed by atoms with Gasteiger partial charge >= 0.3 is 0 Å². The number of amides is 1. The van der Waals surface area contributed by atoms with Crippen molar-refractivity contribution in [3.8, 4) is 0 Å². The summed E-state index contributed by atoms with van der Waals surface area (Å²) in [6.07, 6.45) is 4.62. The number of piperidine rings is 2. The minimum atomic E-state index is -3.15. The predicted octanol–water partition coefficient (Wildman–Crippen LogP) is -0.474. The minimum Gasteiger partial charge on any atom is -0.342 e. The summed E-state index contributed by atoms with van der Waals surface area (Å²) < 4.78 is 24.9. The normalized spacial score (nSPS) is 26.4. The molecule has 0 aromatic heterocycles. The van der Waals surface area contributed by atoms with E-state index in [0.29, 0.717) is 25.9 Å². The Balaban J connectivity index is 1.80. The third-order valence-corrected chi connectivity index (χ3v) is 4.59. The predicted molar refractivity (Wildman–Crippen MR) is 73.2 cm³/mol. The zero-order valence-electron chi connectivity index (χ0n) is 11.4. The molecule has 0 aliphatic carbocycles. The van der Waals surface area contributed by atoms with Gasteiger partial charge in [-0.1, -0.05) is 0 Å². The lowest BCUT2D eigenvalue weighted by molar-refractivity contribution is -0.137. The molecule has 0 bridgehead atoms. The molecule has 0 aromatic carbocycles. The Kier molecular flexibility index (Phi) is 4.81. The largest absolute Gasteiger partial charge is 0.342 e. The third kappa shape index (κ3) is 4.43. The van der Waals surface area contributed by atoms with Crippen LogP contribution in [0.3, 0.4) is 0 Å². The molecule has 0 aromatic rings. The van der Waals surface area contributed by atoms with Crippen molar-refractivity contribution in [2.45, 2.75) is 31.7 Å². The van der Waals surface area contributed by atoms with Crippen molar-refractivity contribution in [3.05, 3.63) is 0 Å². The van der Waals surface area contributed by atoms with E-state index in [-0.39, 0.29) is 17.9 Å². The van der Waals surface area contributed by atoms with Crippen molar-refractivity contribution < 1.29 is 13.2 Å². The third-order valence-electron chi connectivity index (χ3n) is 3.83. The standard InChI is InChI=1S/C12H23N3O3S/c1-19(17,18)14-11-4-7-15(8-5-11)12(16)10-3-2-6-13-9-10/h10-11,13-14H,2-9H2,1H3/t10-/m0/s1. The van der Waals surface area contributed by atoms with Crippen LogP contribution in [-0.2, 0) is 14.8 Å². The maximum absolute atomic E-state index is 12.3. The molecule has 2 aliphatic heterocycles. The summed E-state index contributed by atoms with van der Waals surface area (Å²) in [6.45, 7) is 3.09. The van der Waals surface area contributed by atoms with E-state index < -0.39 is 10.0 Å². The molecule has 2 aliphatic rings. The summed E-state index contributed by atoms with van der Waals surface area (Å²) in [5, 5.41) is 3.26. The van der Waals surface area contributed by atoms with Gasteiger partial charge in [0.1, 0.15) is 0 Å². The van der Waals surface area contributed by atoms with E-state index >= 15 is 0 Å². The average Bonchev–Trinajstić information content (AvgIpc) is 2.38. The number of nitrogens with one attached hydrogen (secondary N) is 2. The first kappa shape index (κ1) is 14.7. The topological polar surface area (TPSA) is 78.5 Å². The molecular weight excluding hydrogens is 266 g/mol. The number of nitrogens with zero attached hydrogens (tertiary/aromatic N) is 1. The van der Waals surface area contributed by atoms with E-state index in [1.807, 2.05) is 4.90 Å². The number of carbonyl (C=O) groups excluding carboxylic acids is 1. The molecule has 0 radical (unpaired) electrons. The van der Waals surface area contributed by atoms with E-state index in [9.17, 15) is 13.2 Å². The van der Waals surface area contributed by atoms with Crippen molar-refractivity contribution in [3.63, 3.8) is 0 Å². The Labute approximate surface area is 115 Å². The number of hydrogen-bond acceptors (Lipinski definition) is 4. The smallest absolute Gasteiger partial charge is 0.226 e. The molecule has 19 heavy (non-hydrogen) atoms. The van der Waals surface area contributed by atoms with Gasteiger partial charge in [-0.3, -0.25) is 4.79 Å². The molecule has 0 unspecified atom stereocenters. The fourth-order valence-corrected chi connectivity index (χ4v) is 3.68. The lowest BCUT2D eigenvalue weighted by atomic mass is 9.96. The van der Waals surface area contributed by atoms with Gasteiger partial charge in [0, 0.05) is 25.7 Å². The van der Waals surface area contributed by atoms with Gasteiger partial charge < -0.3 is 10.2 Å². The molecule has 7 heteroatoms. The molecule has 2 heterocycles. The minimum absolute atomic E-state index is 0.0245. The Hall–Kier alpha value is -0.660. The van der Waals surface area contributed by atoms with Crippen LogP contribution in [0.5, 0.6) is 0 Å². The molecule has 2 fully saturated rings. The van der Waals surface area contributed by atoms with Crippen LogP contribution in [0.25, 0.3) is 0 Å². The second-order valence-corrected chi connectivity index (χ2v) is 7.31. The highest BCUT2D eigenvalue weighted by molar-refractivity contribution is 7.88. The summed E-state index contributed by atoms with van der Waals surface area (Å²) in [7, 11) is -3.15. The van der Waals surface area contributed by atoms with Crippen LogP contribution in [0.4, 0.5) is 0 Å². The lowest BCUT2D eigenvalue weighted by Gasteiger charge is -2.35. The zero-order valence-corrected chi connectivity index (χ0v) is 12.2. The highest BCUT2D eigenvalue weighted by Gasteiger charge is 2.29. The van der Waals surface area contributed by atoms with Crippen molar-refractivity contribution >= 4 is 15.9 Å². The summed E-state index contributed by atoms with van der Waals surface area (Å²) in [5.41, 5.74) is 0. The van der Waals surface area contributed by atoms with Gasteiger partial charge in [0.15, 0.2) is 0 Å². The SMILES string of the molecule is CS(=O)(=O)NC1CCN(C(=O)[C@H]2CCCNC2)CC1. The Morgan fingerprint density at radius 1 is 1.26 bits per heavy atom. The summed E-state index contributed by atoms with van der Waals surface area (Å²) in [6, 6.07) is -0.0245. The van der Waals surface area contributed by atoms with E-state index in [1.54, 1.807) is 0 Å². The molecule has 2 rings (SSSR count). The van der Waals surface area contributed by atoms with E-state index in [1.165, 1.54) is 6.26 Å². The summed E-state index contributed by atoms with van der Waals surface area (Å²) in [5.74, 6) is 0.332. The van der Waals surface area contributed by atoms with Crippen LogP contribution in [0.1, 0.15) is 25.7 Å². The molecule has 2 N–H and O–H groups in total. The maximum atomic E-state index is 12.3. The van der Waals surface area contributed by atoms with Crippen molar-refractivity contribution in [2.75, 3.05) is 32.4 Å². The monoisotopic (exact) mass is 289 g/mol. The second-order valence-electron chi connectivity index (χ2n) is 5.53. The van der Waals surface area contributed by atoms with Gasteiger partial charge in [-0.15, -0.1) is 0 Å². The molecule has 110 valence electrons. The molecular formula is C12H23N3O3S. The summed E-state index contributed by atoms with van der Waals surface area (Å²) in [4.78, 5) is 14.2. The quantitative estimate of drug-likeness (QED) is 0.736. The average molecular weight is 289 g/mol. The van der Waals surface area contributed by atoms with Crippen molar-refractivity contribution in [1.82, 2.24) is 14.9 Å². The molecule has 0 saturated carbocycles. The van der Waals surface area contributed by atoms with Crippen molar-refractivity contribution in [1.29, 1.82) is 0 Å². The first-order chi connectivity index (χ1) is 8.96. The van der Waals surface area contributed by atoms with E-state index in [0.717, 1.165) is 25.9 Å². The molecule has 6 nitrogen and oxygen atoms in total. The Bertz CT molecular complexity index is 410. The fraction of sp³-hybridized carbons (Fsp3) is 0.917. The van der Waals surface area contributed by atoms with Gasteiger partial charge in [-0.25, -0.2) is 13.1 Å². The first-order valence-corrected chi connectivity index (χ1v) is 8.81. The zero-order chi connectivity index (χ0) is 13.9. The van der Waals surface area contributed by atoms with Gasteiger partial charge in [0.25, 0.3) is 0 Å². The van der Waals surface area contributed by atoms with Crippen LogP contribution in [0, 0.1) is 5.92 Å². The highest BCUT2D eigenvalue weighted by Crippen LogP contribution is 2.18. The molecule has 2 saturated heterocycles. The number of rotatable bonds is 3. The lowest BCUT2D eigenvalue weighted by Crippen LogP contribution is -2.49. The van der Waals surface area contributed by atoms with E-state index in [2.05, 4.69) is 10.0 Å². The van der Waals surface area contributed by atoms with E-state index in [4.69, 9.17) is 0 Å². The van der Waals surface area contributed by atoms with Crippen LogP contribution in [-0.4, -0.2) is 57.7 Å². The van der Waals surface area contributed by atoms with Gasteiger partial charge in [-0.2, -0.15) is 0 Å². The molecule has 0 spiro atoms. The van der Waals surface area contributed by atoms with Crippen LogP contribution >= 0.6 is 0 Å². The Morgan fingerprint density at radius 2 is 1.95 bits per heavy atom. The first-order valence-electron chi connectivity index (χ1n) is 6.92. The maximum Gasteiger partial charge on any atom is 0.226 e. The number of sulfonamides is 1. The van der Waals surface area contributed by atoms with Gasteiger partial charge in [0.2, 0.25) is 15.9 Å². The van der Waals surface area contributed by atoms with Crippen molar-refractivity contribution in [2.24, 2.45) is 5.92 Å². The summed E-state index contributed by atoms with van der Waals surface area (Å²) >= 11 is 0. The van der Waals surface area contributed by atoms with Crippen LogP contribution < -0.4 is 10.0 Å². The molecule has 1 atom stereocenters. The Morgan fingerprint density at radius 3 is 2.47 bits per heavy atom. The number of likely N-dealkylation sites (tertiary alicyclic amines) is 1. The molecule has 1 amide bonds. The highest BCUT2D eigenvalue weighted by atomic mass is 32.2. The van der Waals surface area contributed by atoms with Gasteiger partial charge in [0.05, 0.1) is 12.2 Å². The number of hydrogen-bond donors (Lipinski definition) is 2.